The number of hydrogen-bond donors (Lipinski definition) is 2. The van der Waals surface area contributed by atoms with Gasteiger partial charge < -0.3 is 5.21 Å². The Morgan fingerprint density at radius 3 is 2.00 bits per heavy atom. The minimum absolute atomic E-state index is 0.400. The molecule has 0 aromatic rings. The van der Waals surface area contributed by atoms with Crippen LogP contribution in [-0.2, 0) is 0 Å². The largest absolute Gasteiger partial charge is 0.579 e. The summed E-state index contributed by atoms with van der Waals surface area (Å²) in [5, 5.41) is 38.0. The highest BCUT2D eigenvalue weighted by Gasteiger charge is 2.24. The third-order valence-corrected chi connectivity index (χ3v) is 1.58. The first-order valence-corrected chi connectivity index (χ1v) is 3.94. The predicted molar refractivity (Wildman–Crippen MR) is 47.2 cm³/mol. The molecule has 2 N–H and O–H groups in total. The van der Waals surface area contributed by atoms with Crippen molar-refractivity contribution in [3.8, 4) is 0 Å². The molecular formula is C4H12N6O6. The molecule has 0 aromatic carbocycles. The van der Waals surface area contributed by atoms with Gasteiger partial charge in [0.25, 0.3) is 0 Å². The third kappa shape index (κ3) is 4.65. The molecule has 0 aliphatic carbocycles. The van der Waals surface area contributed by atoms with Crippen LogP contribution in [0.1, 0.15) is 0 Å². The van der Waals surface area contributed by atoms with Gasteiger partial charge in [-0.2, -0.15) is 5.21 Å². The standard InChI is InChI=1S/C4H12N6O6/c1-5(8(11)12)3-7(10(15)16)4-6(2)9(13)14/h8,11H,3-4H2,1-2H3. The summed E-state index contributed by atoms with van der Waals surface area (Å²) in [6.45, 7) is -1.20. The smallest absolute Gasteiger partial charge is 0.209 e. The van der Waals surface area contributed by atoms with Gasteiger partial charge in [0.15, 0.2) is 16.7 Å². The monoisotopic (exact) mass is 240 g/mol. The Balaban J connectivity index is 4.40. The van der Waals surface area contributed by atoms with Gasteiger partial charge in [-0.25, -0.2) is 20.2 Å². The van der Waals surface area contributed by atoms with Crippen molar-refractivity contribution in [2.24, 2.45) is 0 Å². The zero-order chi connectivity index (χ0) is 12.9. The Labute approximate surface area is 89.6 Å². The van der Waals surface area contributed by atoms with Crippen molar-refractivity contribution in [1.29, 1.82) is 0 Å². The first kappa shape index (κ1) is 14.2. The van der Waals surface area contributed by atoms with Gasteiger partial charge in [0, 0.05) is 7.05 Å². The zero-order valence-electron chi connectivity index (χ0n) is 8.64. The highest BCUT2D eigenvalue weighted by molar-refractivity contribution is 4.36. The molecule has 0 aliphatic heterocycles. The molecule has 0 bridgehead atoms. The van der Waals surface area contributed by atoms with Crippen LogP contribution in [0, 0.1) is 25.4 Å². The second kappa shape index (κ2) is 5.96. The van der Waals surface area contributed by atoms with Crippen molar-refractivity contribution in [2.75, 3.05) is 27.4 Å². The van der Waals surface area contributed by atoms with E-state index < -0.39 is 28.7 Å². The topological polar surface area (TPSA) is 144 Å². The number of nitrogens with one attached hydrogen (secondary N) is 1. The van der Waals surface area contributed by atoms with Crippen LogP contribution in [0.2, 0.25) is 0 Å². The predicted octanol–water partition coefficient (Wildman–Crippen LogP) is -2.86. The van der Waals surface area contributed by atoms with Crippen LogP contribution >= 0.6 is 0 Å². The molecular weight excluding hydrogens is 228 g/mol. The van der Waals surface area contributed by atoms with E-state index in [9.17, 15) is 25.4 Å². The summed E-state index contributed by atoms with van der Waals surface area (Å²) >= 11 is 0. The Kier molecular flexibility index (Phi) is 5.31. The molecule has 1 atom stereocenters. The Bertz CT molecular complexity index is 259. The van der Waals surface area contributed by atoms with Gasteiger partial charge in [0.2, 0.25) is 6.67 Å². The van der Waals surface area contributed by atoms with E-state index in [1.807, 2.05) is 0 Å². The van der Waals surface area contributed by atoms with E-state index in [-0.39, 0.29) is 0 Å². The van der Waals surface area contributed by atoms with E-state index in [1.54, 1.807) is 0 Å². The SMILES string of the molecule is CN(CN(CN(C)[NH+]([O-])O)[N+](=O)[O-])[N+](=O)[O-]. The molecule has 0 saturated heterocycles. The number of hydrogen-bond acceptors (Lipinski definition) is 7. The first-order valence-electron chi connectivity index (χ1n) is 3.94. The molecule has 0 amide bonds. The average Bonchev–Trinajstić information content (AvgIpc) is 2.15. The number of hydrazine groups is 2. The van der Waals surface area contributed by atoms with Gasteiger partial charge in [0.05, 0.1) is 7.05 Å². The van der Waals surface area contributed by atoms with Crippen LogP contribution in [0.3, 0.4) is 0 Å². The van der Waals surface area contributed by atoms with Gasteiger partial charge in [-0.3, -0.25) is 0 Å². The number of nitro groups is 2. The van der Waals surface area contributed by atoms with Crippen molar-refractivity contribution in [3.63, 3.8) is 0 Å². The molecule has 1 unspecified atom stereocenters. The maximum absolute atomic E-state index is 10.5. The van der Waals surface area contributed by atoms with Crippen LogP contribution in [0.4, 0.5) is 0 Å². The van der Waals surface area contributed by atoms with E-state index in [0.29, 0.717) is 15.0 Å². The van der Waals surface area contributed by atoms with Gasteiger partial charge in [-0.15, -0.1) is 15.4 Å². The second-order valence-corrected chi connectivity index (χ2v) is 2.90. The quantitative estimate of drug-likeness (QED) is 0.272. The lowest BCUT2D eigenvalue weighted by Gasteiger charge is -2.25. The summed E-state index contributed by atoms with van der Waals surface area (Å²) in [6, 6.07) is 0. The fourth-order valence-electron chi connectivity index (χ4n) is 0.741. The summed E-state index contributed by atoms with van der Waals surface area (Å²) < 4.78 is 0. The second-order valence-electron chi connectivity index (χ2n) is 2.90. The molecule has 12 nitrogen and oxygen atoms in total. The summed E-state index contributed by atoms with van der Waals surface area (Å²) in [5.41, 5.74) is 0. The van der Waals surface area contributed by atoms with Gasteiger partial charge in [-0.1, -0.05) is 5.01 Å². The van der Waals surface area contributed by atoms with Crippen LogP contribution in [0.15, 0.2) is 0 Å². The normalized spacial score (nSPS) is 12.3. The van der Waals surface area contributed by atoms with Crippen molar-refractivity contribution in [3.05, 3.63) is 25.4 Å². The maximum Gasteiger partial charge on any atom is 0.209 e. The van der Waals surface area contributed by atoms with Crippen LogP contribution in [0.25, 0.3) is 0 Å². The molecule has 12 heteroatoms. The molecule has 0 saturated carbocycles. The summed E-state index contributed by atoms with van der Waals surface area (Å²) in [5.74, 6) is 0. The molecule has 0 aromatic heterocycles. The minimum Gasteiger partial charge on any atom is -0.579 e. The molecule has 94 valence electrons. The zero-order valence-corrected chi connectivity index (χ0v) is 8.64. The highest BCUT2D eigenvalue weighted by atomic mass is 16.8. The van der Waals surface area contributed by atoms with Crippen LogP contribution < -0.4 is 5.34 Å². The van der Waals surface area contributed by atoms with Crippen LogP contribution in [0.5, 0.6) is 0 Å². The molecule has 0 aliphatic rings. The molecule has 0 heterocycles. The van der Waals surface area contributed by atoms with Gasteiger partial charge >= 0.3 is 0 Å². The lowest BCUT2D eigenvalue weighted by atomic mass is 10.8. The third-order valence-electron chi connectivity index (χ3n) is 1.58. The van der Waals surface area contributed by atoms with E-state index >= 15 is 0 Å². The van der Waals surface area contributed by atoms with Gasteiger partial charge in [-0.05, 0) is 0 Å². The fraction of sp³-hybridized carbons (Fsp3) is 1.00. The molecule has 16 heavy (non-hydrogen) atoms. The molecule has 0 fully saturated rings. The summed E-state index contributed by atoms with van der Waals surface area (Å²) in [6.07, 6.45) is 0. The number of quaternary nitrogens is 1. The van der Waals surface area contributed by atoms with Crippen molar-refractivity contribution in [2.45, 2.75) is 0 Å². The Morgan fingerprint density at radius 2 is 1.69 bits per heavy atom. The molecule has 0 spiro atoms. The van der Waals surface area contributed by atoms with E-state index in [2.05, 4.69) is 0 Å². The summed E-state index contributed by atoms with van der Waals surface area (Å²) in [7, 11) is 2.16. The van der Waals surface area contributed by atoms with Gasteiger partial charge in [0.1, 0.15) is 0 Å². The number of rotatable bonds is 7. The Hall–Kier alpha value is -1.76. The van der Waals surface area contributed by atoms with Crippen molar-refractivity contribution < 1.29 is 20.6 Å². The van der Waals surface area contributed by atoms with Crippen molar-refractivity contribution >= 4 is 0 Å². The fourth-order valence-corrected chi connectivity index (χ4v) is 0.741. The minimum atomic E-state index is -1.37. The molecule has 0 rings (SSSR count). The van der Waals surface area contributed by atoms with E-state index in [0.717, 1.165) is 14.1 Å². The lowest BCUT2D eigenvalue weighted by molar-refractivity contribution is -1.14. The van der Waals surface area contributed by atoms with Crippen LogP contribution in [-0.4, -0.2) is 57.7 Å². The Morgan fingerprint density at radius 1 is 1.19 bits per heavy atom. The maximum atomic E-state index is 10.5. The lowest BCUT2D eigenvalue weighted by Crippen LogP contribution is -3.11. The average molecular weight is 240 g/mol. The van der Waals surface area contributed by atoms with E-state index in [4.69, 9.17) is 5.21 Å². The number of nitrogens with zero attached hydrogens (tertiary/aromatic N) is 5. The molecule has 0 radical (unpaired) electrons. The van der Waals surface area contributed by atoms with E-state index in [1.165, 1.54) is 0 Å². The first-order chi connectivity index (χ1) is 7.25. The highest BCUT2D eigenvalue weighted by Crippen LogP contribution is 1.92. The summed E-state index contributed by atoms with van der Waals surface area (Å²) in [4.78, 5) is 20.7. The van der Waals surface area contributed by atoms with Crippen molar-refractivity contribution in [1.82, 2.24) is 15.0 Å².